The molecule has 1 aliphatic rings. The second-order valence-electron chi connectivity index (χ2n) is 6.63. The summed E-state index contributed by atoms with van der Waals surface area (Å²) < 4.78 is 5.24. The minimum absolute atomic E-state index is 0.396. The van der Waals surface area contributed by atoms with E-state index in [4.69, 9.17) is 4.74 Å². The van der Waals surface area contributed by atoms with Crippen LogP contribution in [0.5, 0.6) is 5.75 Å². The SMILES string of the molecule is COc1ccc([C@H](C)N2CCN(c3ccc(C=O)c(C)c3)CC2)cc1. The van der Waals surface area contributed by atoms with E-state index < -0.39 is 0 Å². The maximum atomic E-state index is 11.0. The zero-order valence-electron chi connectivity index (χ0n) is 15.2. The van der Waals surface area contributed by atoms with E-state index in [2.05, 4.69) is 41.0 Å². The van der Waals surface area contributed by atoms with Crippen molar-refractivity contribution in [2.24, 2.45) is 0 Å². The van der Waals surface area contributed by atoms with Gasteiger partial charge in [0.15, 0.2) is 0 Å². The lowest BCUT2D eigenvalue weighted by Gasteiger charge is -2.39. The predicted molar refractivity (Wildman–Crippen MR) is 102 cm³/mol. The largest absolute Gasteiger partial charge is 0.497 e. The number of benzene rings is 2. The lowest BCUT2D eigenvalue weighted by molar-refractivity contribution is 0.112. The van der Waals surface area contributed by atoms with E-state index in [-0.39, 0.29) is 0 Å². The van der Waals surface area contributed by atoms with Crippen LogP contribution in [-0.2, 0) is 0 Å². The van der Waals surface area contributed by atoms with Gasteiger partial charge in [-0.05, 0) is 55.3 Å². The first-order valence-corrected chi connectivity index (χ1v) is 8.81. The molecule has 1 atom stereocenters. The van der Waals surface area contributed by atoms with Crippen LogP contribution in [0.15, 0.2) is 42.5 Å². The summed E-state index contributed by atoms with van der Waals surface area (Å²) >= 11 is 0. The predicted octanol–water partition coefficient (Wildman–Crippen LogP) is 3.70. The molecule has 25 heavy (non-hydrogen) atoms. The summed E-state index contributed by atoms with van der Waals surface area (Å²) in [5.41, 5.74) is 4.34. The molecular formula is C21H26N2O2. The van der Waals surface area contributed by atoms with E-state index in [1.165, 1.54) is 11.3 Å². The van der Waals surface area contributed by atoms with Crippen molar-refractivity contribution in [3.8, 4) is 5.75 Å². The lowest BCUT2D eigenvalue weighted by atomic mass is 10.1. The molecule has 0 aromatic heterocycles. The average Bonchev–Trinajstić information content (AvgIpc) is 2.67. The molecule has 132 valence electrons. The molecule has 0 spiro atoms. The first kappa shape index (κ1) is 17.5. The van der Waals surface area contributed by atoms with Crippen LogP contribution in [0.25, 0.3) is 0 Å². The van der Waals surface area contributed by atoms with Crippen molar-refractivity contribution in [2.45, 2.75) is 19.9 Å². The van der Waals surface area contributed by atoms with Gasteiger partial charge in [-0.3, -0.25) is 9.69 Å². The van der Waals surface area contributed by atoms with Gasteiger partial charge in [0.2, 0.25) is 0 Å². The Labute approximate surface area is 150 Å². The number of nitrogens with zero attached hydrogens (tertiary/aromatic N) is 2. The van der Waals surface area contributed by atoms with Gasteiger partial charge in [0.05, 0.1) is 7.11 Å². The molecule has 4 heteroatoms. The van der Waals surface area contributed by atoms with Crippen molar-refractivity contribution >= 4 is 12.0 Å². The summed E-state index contributed by atoms with van der Waals surface area (Å²) in [6.45, 7) is 8.32. The number of aryl methyl sites for hydroxylation is 1. The third-order valence-corrected chi connectivity index (χ3v) is 5.21. The summed E-state index contributed by atoms with van der Waals surface area (Å²) in [5, 5.41) is 0. The Morgan fingerprint density at radius 2 is 1.72 bits per heavy atom. The molecule has 0 unspecified atom stereocenters. The third kappa shape index (κ3) is 3.85. The summed E-state index contributed by atoms with van der Waals surface area (Å²) in [7, 11) is 1.70. The summed E-state index contributed by atoms with van der Waals surface area (Å²) in [6, 6.07) is 14.8. The van der Waals surface area contributed by atoms with Crippen molar-refractivity contribution < 1.29 is 9.53 Å². The molecule has 0 bridgehead atoms. The molecule has 0 aliphatic carbocycles. The van der Waals surface area contributed by atoms with Gasteiger partial charge >= 0.3 is 0 Å². The van der Waals surface area contributed by atoms with Crippen molar-refractivity contribution in [2.75, 3.05) is 38.2 Å². The van der Waals surface area contributed by atoms with E-state index in [1.54, 1.807) is 7.11 Å². The molecule has 2 aromatic carbocycles. The van der Waals surface area contributed by atoms with Crippen molar-refractivity contribution in [3.05, 3.63) is 59.2 Å². The van der Waals surface area contributed by atoms with Crippen LogP contribution in [0.3, 0.4) is 0 Å². The van der Waals surface area contributed by atoms with E-state index in [0.29, 0.717) is 6.04 Å². The van der Waals surface area contributed by atoms with E-state index in [1.807, 2.05) is 25.1 Å². The Morgan fingerprint density at radius 3 is 2.28 bits per heavy atom. The molecular weight excluding hydrogens is 312 g/mol. The number of carbonyl (C=O) groups is 1. The molecule has 0 N–H and O–H groups in total. The van der Waals surface area contributed by atoms with Crippen LogP contribution < -0.4 is 9.64 Å². The van der Waals surface area contributed by atoms with Gasteiger partial charge in [-0.15, -0.1) is 0 Å². The Balaban J connectivity index is 1.62. The Kier molecular flexibility index (Phi) is 5.39. The summed E-state index contributed by atoms with van der Waals surface area (Å²) in [4.78, 5) is 15.9. The van der Waals surface area contributed by atoms with Gasteiger partial charge in [-0.2, -0.15) is 0 Å². The highest BCUT2D eigenvalue weighted by Gasteiger charge is 2.22. The zero-order chi connectivity index (χ0) is 17.8. The minimum atomic E-state index is 0.396. The van der Waals surface area contributed by atoms with Crippen molar-refractivity contribution in [1.29, 1.82) is 0 Å². The van der Waals surface area contributed by atoms with Crippen LogP contribution in [-0.4, -0.2) is 44.5 Å². The fourth-order valence-corrected chi connectivity index (χ4v) is 3.45. The maximum absolute atomic E-state index is 11.0. The average molecular weight is 338 g/mol. The fraction of sp³-hybridized carbons (Fsp3) is 0.381. The molecule has 2 aromatic rings. The van der Waals surface area contributed by atoms with Crippen LogP contribution >= 0.6 is 0 Å². The lowest BCUT2D eigenvalue weighted by Crippen LogP contribution is -2.47. The smallest absolute Gasteiger partial charge is 0.150 e. The van der Waals surface area contributed by atoms with E-state index in [9.17, 15) is 4.79 Å². The van der Waals surface area contributed by atoms with E-state index in [0.717, 1.165) is 49.3 Å². The van der Waals surface area contributed by atoms with Crippen molar-refractivity contribution in [1.82, 2.24) is 4.90 Å². The van der Waals surface area contributed by atoms with Gasteiger partial charge in [0, 0.05) is 43.5 Å². The molecule has 1 fully saturated rings. The Bertz CT molecular complexity index is 719. The second kappa shape index (κ2) is 7.70. The highest BCUT2D eigenvalue weighted by Crippen LogP contribution is 2.26. The monoisotopic (exact) mass is 338 g/mol. The maximum Gasteiger partial charge on any atom is 0.150 e. The molecule has 4 nitrogen and oxygen atoms in total. The standard InChI is InChI=1S/C21H26N2O2/c1-16-14-20(7-4-19(16)15-24)23-12-10-22(11-13-23)17(2)18-5-8-21(25-3)9-6-18/h4-9,14-15,17H,10-13H2,1-3H3/t17-/m0/s1. The van der Waals surface area contributed by atoms with Crippen molar-refractivity contribution in [3.63, 3.8) is 0 Å². The van der Waals surface area contributed by atoms with Gasteiger partial charge in [0.1, 0.15) is 12.0 Å². The number of aldehydes is 1. The number of anilines is 1. The summed E-state index contributed by atoms with van der Waals surface area (Å²) in [6.07, 6.45) is 0.924. The van der Waals surface area contributed by atoms with Crippen LogP contribution in [0.2, 0.25) is 0 Å². The highest BCUT2D eigenvalue weighted by atomic mass is 16.5. The number of hydrogen-bond donors (Lipinski definition) is 0. The van der Waals surface area contributed by atoms with Crippen LogP contribution in [0.1, 0.15) is 34.5 Å². The highest BCUT2D eigenvalue weighted by molar-refractivity contribution is 5.78. The zero-order valence-corrected chi connectivity index (χ0v) is 15.2. The third-order valence-electron chi connectivity index (χ3n) is 5.21. The normalized spacial score (nSPS) is 16.5. The van der Waals surface area contributed by atoms with Gasteiger partial charge in [0.25, 0.3) is 0 Å². The molecule has 1 aliphatic heterocycles. The number of carbonyl (C=O) groups excluding carboxylic acids is 1. The van der Waals surface area contributed by atoms with Gasteiger partial charge in [-0.1, -0.05) is 12.1 Å². The van der Waals surface area contributed by atoms with Crippen LogP contribution in [0.4, 0.5) is 5.69 Å². The number of hydrogen-bond acceptors (Lipinski definition) is 4. The Morgan fingerprint density at radius 1 is 1.04 bits per heavy atom. The van der Waals surface area contributed by atoms with Gasteiger partial charge in [-0.25, -0.2) is 0 Å². The second-order valence-corrected chi connectivity index (χ2v) is 6.63. The number of rotatable bonds is 5. The Hall–Kier alpha value is -2.33. The van der Waals surface area contributed by atoms with Crippen LogP contribution in [0, 0.1) is 6.92 Å². The molecule has 0 amide bonds. The first-order valence-electron chi connectivity index (χ1n) is 8.81. The first-order chi connectivity index (χ1) is 12.1. The van der Waals surface area contributed by atoms with Gasteiger partial charge < -0.3 is 9.64 Å². The number of piperazine rings is 1. The number of methoxy groups -OCH3 is 1. The molecule has 0 saturated carbocycles. The quantitative estimate of drug-likeness (QED) is 0.778. The minimum Gasteiger partial charge on any atom is -0.497 e. The summed E-state index contributed by atoms with van der Waals surface area (Å²) in [5.74, 6) is 0.898. The molecule has 3 rings (SSSR count). The topological polar surface area (TPSA) is 32.8 Å². The molecule has 1 heterocycles. The fourth-order valence-electron chi connectivity index (χ4n) is 3.45. The number of ether oxygens (including phenoxy) is 1. The van der Waals surface area contributed by atoms with E-state index >= 15 is 0 Å². The molecule has 1 saturated heterocycles. The molecule has 0 radical (unpaired) electrons.